The predicted molar refractivity (Wildman–Crippen MR) is 51.2 cm³/mol. The summed E-state index contributed by atoms with van der Waals surface area (Å²) in [6.07, 6.45) is 6.91. The van der Waals surface area contributed by atoms with Crippen molar-refractivity contribution in [1.82, 2.24) is 0 Å². The van der Waals surface area contributed by atoms with Crippen molar-refractivity contribution in [3.8, 4) is 0 Å². The molecule has 0 aromatic heterocycles. The summed E-state index contributed by atoms with van der Waals surface area (Å²) >= 11 is 0. The third kappa shape index (κ3) is 1.02. The Bertz CT molecular complexity index is 228. The molecule has 0 radical (unpaired) electrons. The molecule has 0 spiro atoms. The molecule has 3 aliphatic rings. The second-order valence-electron chi connectivity index (χ2n) is 5.44. The van der Waals surface area contributed by atoms with Gasteiger partial charge in [-0.25, -0.2) is 0 Å². The van der Waals surface area contributed by atoms with Crippen molar-refractivity contribution >= 4 is 5.78 Å². The fraction of sp³-hybridized carbons (Fsp3) is 0.917. The highest BCUT2D eigenvalue weighted by molar-refractivity contribution is 5.78. The van der Waals surface area contributed by atoms with E-state index in [0.717, 1.165) is 23.7 Å². The second kappa shape index (κ2) is 2.59. The van der Waals surface area contributed by atoms with Gasteiger partial charge in [-0.2, -0.15) is 0 Å². The van der Waals surface area contributed by atoms with Crippen LogP contribution in [0, 0.1) is 29.6 Å². The number of rotatable bonds is 1. The summed E-state index contributed by atoms with van der Waals surface area (Å²) in [5, 5.41) is 0. The minimum atomic E-state index is 0.443. The molecule has 0 aromatic carbocycles. The molecule has 4 unspecified atom stereocenters. The van der Waals surface area contributed by atoms with Crippen molar-refractivity contribution in [2.75, 3.05) is 0 Å². The summed E-state index contributed by atoms with van der Waals surface area (Å²) < 4.78 is 0. The Hall–Kier alpha value is -0.330. The lowest BCUT2D eigenvalue weighted by Gasteiger charge is -2.23. The Morgan fingerprint density at radius 3 is 2.00 bits per heavy atom. The molecule has 0 saturated heterocycles. The van der Waals surface area contributed by atoms with Crippen molar-refractivity contribution in [1.29, 1.82) is 0 Å². The fourth-order valence-corrected chi connectivity index (χ4v) is 4.35. The van der Waals surface area contributed by atoms with E-state index in [2.05, 4.69) is 0 Å². The van der Waals surface area contributed by atoms with Crippen LogP contribution in [-0.4, -0.2) is 5.78 Å². The molecule has 1 nitrogen and oxygen atoms in total. The number of Topliss-reactive ketones (excluding diaryl/α,β-unsaturated/α-hetero) is 1. The Kier molecular flexibility index (Phi) is 1.59. The van der Waals surface area contributed by atoms with Crippen LogP contribution in [0.5, 0.6) is 0 Å². The number of hydrogen-bond acceptors (Lipinski definition) is 1. The van der Waals surface area contributed by atoms with Crippen LogP contribution in [0.4, 0.5) is 0 Å². The Morgan fingerprint density at radius 1 is 1.00 bits per heavy atom. The van der Waals surface area contributed by atoms with Crippen molar-refractivity contribution in [2.24, 2.45) is 29.6 Å². The summed E-state index contributed by atoms with van der Waals surface area (Å²) in [4.78, 5) is 11.3. The van der Waals surface area contributed by atoms with Crippen LogP contribution in [0.25, 0.3) is 0 Å². The lowest BCUT2D eigenvalue weighted by molar-refractivity contribution is -0.120. The van der Waals surface area contributed by atoms with Gasteiger partial charge in [-0.1, -0.05) is 0 Å². The first-order valence-electron chi connectivity index (χ1n) is 5.76. The number of hydrogen-bond donors (Lipinski definition) is 0. The summed E-state index contributed by atoms with van der Waals surface area (Å²) in [6, 6.07) is 0. The lowest BCUT2D eigenvalue weighted by atomic mass is 9.82. The topological polar surface area (TPSA) is 17.1 Å². The lowest BCUT2D eigenvalue weighted by Crippen LogP contribution is -2.15. The van der Waals surface area contributed by atoms with Gasteiger partial charge in [0.05, 0.1) is 0 Å². The van der Waals surface area contributed by atoms with Crippen molar-refractivity contribution < 1.29 is 4.79 Å². The average molecular weight is 178 g/mol. The summed E-state index contributed by atoms with van der Waals surface area (Å²) in [6.45, 7) is 1.79. The van der Waals surface area contributed by atoms with E-state index < -0.39 is 0 Å². The Morgan fingerprint density at radius 2 is 1.54 bits per heavy atom. The molecule has 3 aliphatic carbocycles. The molecule has 0 aromatic rings. The van der Waals surface area contributed by atoms with Gasteiger partial charge in [0, 0.05) is 5.92 Å². The number of fused-ring (bicyclic) bond motifs is 5. The molecular formula is C12H18O. The first kappa shape index (κ1) is 8.02. The van der Waals surface area contributed by atoms with Crippen molar-refractivity contribution in [3.05, 3.63) is 0 Å². The Labute approximate surface area is 79.9 Å². The average Bonchev–Trinajstić information content (AvgIpc) is 2.76. The summed E-state index contributed by atoms with van der Waals surface area (Å²) in [5.41, 5.74) is 0. The monoisotopic (exact) mass is 178 g/mol. The van der Waals surface area contributed by atoms with Crippen LogP contribution in [0.2, 0.25) is 0 Å². The minimum absolute atomic E-state index is 0.443. The number of carbonyl (C=O) groups excluding carboxylic acids is 1. The molecule has 3 rings (SSSR count). The van der Waals surface area contributed by atoms with E-state index in [1.165, 1.54) is 32.1 Å². The van der Waals surface area contributed by atoms with Crippen LogP contribution in [-0.2, 0) is 4.79 Å². The largest absolute Gasteiger partial charge is 0.300 e. The molecule has 0 amide bonds. The van der Waals surface area contributed by atoms with Gasteiger partial charge >= 0.3 is 0 Å². The third-order valence-corrected chi connectivity index (χ3v) is 4.96. The quantitative estimate of drug-likeness (QED) is 0.603. The SMILES string of the molecule is CC(=O)C1CC2C3CCC(C3)C2C1. The van der Waals surface area contributed by atoms with Gasteiger partial charge in [-0.05, 0) is 62.7 Å². The molecular weight excluding hydrogens is 160 g/mol. The van der Waals surface area contributed by atoms with Gasteiger partial charge in [0.1, 0.15) is 5.78 Å². The van der Waals surface area contributed by atoms with Crippen LogP contribution in [0.15, 0.2) is 0 Å². The number of carbonyl (C=O) groups is 1. The fourth-order valence-electron chi connectivity index (χ4n) is 4.35. The molecule has 3 saturated carbocycles. The third-order valence-electron chi connectivity index (χ3n) is 4.96. The molecule has 2 bridgehead atoms. The maximum absolute atomic E-state index is 11.3. The van der Waals surface area contributed by atoms with Crippen LogP contribution < -0.4 is 0 Å². The maximum atomic E-state index is 11.3. The van der Waals surface area contributed by atoms with Crippen molar-refractivity contribution in [3.63, 3.8) is 0 Å². The smallest absolute Gasteiger partial charge is 0.132 e. The van der Waals surface area contributed by atoms with E-state index in [9.17, 15) is 4.79 Å². The van der Waals surface area contributed by atoms with Gasteiger partial charge < -0.3 is 0 Å². The highest BCUT2D eigenvalue weighted by atomic mass is 16.1. The van der Waals surface area contributed by atoms with Crippen LogP contribution >= 0.6 is 0 Å². The number of ketones is 1. The predicted octanol–water partition coefficient (Wildman–Crippen LogP) is 2.65. The van der Waals surface area contributed by atoms with E-state index in [4.69, 9.17) is 0 Å². The first-order chi connectivity index (χ1) is 6.25. The van der Waals surface area contributed by atoms with Crippen molar-refractivity contribution in [2.45, 2.75) is 39.0 Å². The second-order valence-corrected chi connectivity index (χ2v) is 5.44. The van der Waals surface area contributed by atoms with E-state index in [0.29, 0.717) is 11.7 Å². The highest BCUT2D eigenvalue weighted by Crippen LogP contribution is 2.60. The zero-order valence-electron chi connectivity index (χ0n) is 8.33. The van der Waals surface area contributed by atoms with E-state index in [1.807, 2.05) is 0 Å². The van der Waals surface area contributed by atoms with Gasteiger partial charge in [-0.15, -0.1) is 0 Å². The normalized spacial score (nSPS) is 52.5. The molecule has 0 N–H and O–H groups in total. The van der Waals surface area contributed by atoms with E-state index in [-0.39, 0.29) is 0 Å². The summed E-state index contributed by atoms with van der Waals surface area (Å²) in [5.74, 6) is 4.83. The van der Waals surface area contributed by atoms with Gasteiger partial charge in [0.25, 0.3) is 0 Å². The highest BCUT2D eigenvalue weighted by Gasteiger charge is 2.52. The molecule has 0 heterocycles. The summed E-state index contributed by atoms with van der Waals surface area (Å²) in [7, 11) is 0. The molecule has 1 heteroatoms. The van der Waals surface area contributed by atoms with Gasteiger partial charge in [0.2, 0.25) is 0 Å². The van der Waals surface area contributed by atoms with Gasteiger partial charge in [-0.3, -0.25) is 4.79 Å². The standard InChI is InChI=1S/C12H18O/c1-7(13)10-5-11-8-2-3-9(4-8)12(11)6-10/h8-12H,2-6H2,1H3. The molecule has 0 aliphatic heterocycles. The molecule has 3 fully saturated rings. The first-order valence-corrected chi connectivity index (χ1v) is 5.76. The molecule has 13 heavy (non-hydrogen) atoms. The van der Waals surface area contributed by atoms with Gasteiger partial charge in [0.15, 0.2) is 0 Å². The molecule has 4 atom stereocenters. The minimum Gasteiger partial charge on any atom is -0.300 e. The Balaban J connectivity index is 1.79. The van der Waals surface area contributed by atoms with E-state index >= 15 is 0 Å². The van der Waals surface area contributed by atoms with Crippen LogP contribution in [0.1, 0.15) is 39.0 Å². The zero-order chi connectivity index (χ0) is 9.00. The zero-order valence-corrected chi connectivity index (χ0v) is 8.33. The molecule has 72 valence electrons. The maximum Gasteiger partial charge on any atom is 0.132 e. The van der Waals surface area contributed by atoms with Crippen LogP contribution in [0.3, 0.4) is 0 Å². The van der Waals surface area contributed by atoms with E-state index in [1.54, 1.807) is 6.92 Å².